The van der Waals surface area contributed by atoms with Crippen molar-refractivity contribution >= 4 is 5.91 Å². The number of fused-ring (bicyclic) bond motifs is 1. The molecule has 3 heteroatoms. The van der Waals surface area contributed by atoms with E-state index in [1.165, 1.54) is 0 Å². The van der Waals surface area contributed by atoms with Crippen molar-refractivity contribution < 1.29 is 9.53 Å². The largest absolute Gasteiger partial charge is 0.369 e. The smallest absolute Gasteiger partial charge is 0.226 e. The Labute approximate surface area is 71.5 Å². The van der Waals surface area contributed by atoms with Crippen molar-refractivity contribution in [3.8, 4) is 0 Å². The molecule has 0 aliphatic carbocycles. The Morgan fingerprint density at radius 3 is 3.08 bits per heavy atom. The maximum atomic E-state index is 11.4. The van der Waals surface area contributed by atoms with Gasteiger partial charge in [-0.25, -0.2) is 0 Å². The van der Waals surface area contributed by atoms with Gasteiger partial charge in [0.2, 0.25) is 5.91 Å². The van der Waals surface area contributed by atoms with Crippen LogP contribution in [-0.4, -0.2) is 24.2 Å². The molecule has 12 heavy (non-hydrogen) atoms. The maximum Gasteiger partial charge on any atom is 0.226 e. The standard InChI is InChI=1S/C9H13NO2/c1-5-2-6-3-7-8(11)10-4-9(5,7)12-6/h5-7H,2-4H2,1H3,(H,10,11)/t5-,6-,7+,9+/m0/s1. The molecule has 4 atom stereocenters. The molecule has 0 unspecified atom stereocenters. The van der Waals surface area contributed by atoms with Crippen LogP contribution in [0.3, 0.4) is 0 Å². The van der Waals surface area contributed by atoms with Gasteiger partial charge in [-0.05, 0) is 18.8 Å². The molecule has 3 aliphatic heterocycles. The summed E-state index contributed by atoms with van der Waals surface area (Å²) in [6, 6.07) is 0. The molecule has 0 radical (unpaired) electrons. The van der Waals surface area contributed by atoms with E-state index < -0.39 is 0 Å². The lowest BCUT2D eigenvalue weighted by molar-refractivity contribution is -0.124. The number of carbonyl (C=O) groups is 1. The Balaban J connectivity index is 2.04. The molecule has 3 nitrogen and oxygen atoms in total. The van der Waals surface area contributed by atoms with Crippen molar-refractivity contribution in [2.45, 2.75) is 31.5 Å². The van der Waals surface area contributed by atoms with Gasteiger partial charge in [0.15, 0.2) is 0 Å². The zero-order chi connectivity index (χ0) is 8.34. The van der Waals surface area contributed by atoms with Crippen LogP contribution in [0.5, 0.6) is 0 Å². The van der Waals surface area contributed by atoms with Crippen LogP contribution >= 0.6 is 0 Å². The first kappa shape index (κ1) is 6.89. The van der Waals surface area contributed by atoms with Crippen LogP contribution in [0.25, 0.3) is 0 Å². The zero-order valence-corrected chi connectivity index (χ0v) is 7.17. The second-order valence-corrected chi connectivity index (χ2v) is 4.34. The quantitative estimate of drug-likeness (QED) is 0.563. The van der Waals surface area contributed by atoms with E-state index >= 15 is 0 Å². The monoisotopic (exact) mass is 167 g/mol. The molecule has 0 saturated carbocycles. The Hall–Kier alpha value is -0.570. The third kappa shape index (κ3) is 0.565. The molecule has 3 fully saturated rings. The summed E-state index contributed by atoms with van der Waals surface area (Å²) >= 11 is 0. The Kier molecular flexibility index (Phi) is 1.06. The molecule has 3 saturated heterocycles. The first-order valence-corrected chi connectivity index (χ1v) is 4.68. The molecule has 0 aromatic carbocycles. The fourth-order valence-corrected chi connectivity index (χ4v) is 3.12. The van der Waals surface area contributed by atoms with Crippen LogP contribution in [0.15, 0.2) is 0 Å². The summed E-state index contributed by atoms with van der Waals surface area (Å²) in [6.45, 7) is 2.95. The summed E-state index contributed by atoms with van der Waals surface area (Å²) in [6.07, 6.45) is 2.47. The zero-order valence-electron chi connectivity index (χ0n) is 7.17. The van der Waals surface area contributed by atoms with E-state index in [-0.39, 0.29) is 17.4 Å². The van der Waals surface area contributed by atoms with E-state index in [1.807, 2.05) is 0 Å². The Bertz CT molecular complexity index is 253. The van der Waals surface area contributed by atoms with E-state index in [2.05, 4.69) is 12.2 Å². The highest BCUT2D eigenvalue weighted by Gasteiger charge is 2.63. The van der Waals surface area contributed by atoms with Crippen molar-refractivity contribution in [1.29, 1.82) is 0 Å². The van der Waals surface area contributed by atoms with Gasteiger partial charge < -0.3 is 10.1 Å². The molecule has 0 aromatic heterocycles. The van der Waals surface area contributed by atoms with E-state index in [9.17, 15) is 4.79 Å². The van der Waals surface area contributed by atoms with Gasteiger partial charge in [-0.2, -0.15) is 0 Å². The first-order valence-electron chi connectivity index (χ1n) is 4.68. The van der Waals surface area contributed by atoms with Crippen molar-refractivity contribution in [1.82, 2.24) is 5.32 Å². The number of hydrogen-bond donors (Lipinski definition) is 1. The number of amides is 1. The Morgan fingerprint density at radius 2 is 2.42 bits per heavy atom. The topological polar surface area (TPSA) is 38.3 Å². The van der Waals surface area contributed by atoms with Gasteiger partial charge in [-0.1, -0.05) is 6.92 Å². The number of hydrogen-bond acceptors (Lipinski definition) is 2. The van der Waals surface area contributed by atoms with Crippen LogP contribution in [0.4, 0.5) is 0 Å². The molecule has 1 spiro atoms. The highest BCUT2D eigenvalue weighted by atomic mass is 16.5. The van der Waals surface area contributed by atoms with Crippen molar-refractivity contribution in [3.63, 3.8) is 0 Å². The van der Waals surface area contributed by atoms with Crippen LogP contribution in [0.2, 0.25) is 0 Å². The van der Waals surface area contributed by atoms with E-state index in [1.54, 1.807) is 0 Å². The minimum absolute atomic E-state index is 0.109. The van der Waals surface area contributed by atoms with Gasteiger partial charge in [0, 0.05) is 6.54 Å². The van der Waals surface area contributed by atoms with E-state index in [4.69, 9.17) is 4.74 Å². The lowest BCUT2D eigenvalue weighted by Gasteiger charge is -2.28. The predicted octanol–water partition coefficient (Wildman–Crippen LogP) is 0.300. The second kappa shape index (κ2) is 1.84. The third-order valence-electron chi connectivity index (χ3n) is 3.78. The summed E-state index contributed by atoms with van der Waals surface area (Å²) in [5.41, 5.74) is -0.109. The average molecular weight is 167 g/mol. The maximum absolute atomic E-state index is 11.4. The number of rotatable bonds is 0. The summed E-state index contributed by atoms with van der Waals surface area (Å²) in [7, 11) is 0. The van der Waals surface area contributed by atoms with E-state index in [0.717, 1.165) is 19.4 Å². The Morgan fingerprint density at radius 1 is 1.58 bits per heavy atom. The summed E-state index contributed by atoms with van der Waals surface area (Å²) in [5.74, 6) is 0.926. The van der Waals surface area contributed by atoms with Gasteiger partial charge >= 0.3 is 0 Å². The molecular weight excluding hydrogens is 154 g/mol. The van der Waals surface area contributed by atoms with Gasteiger partial charge in [0.1, 0.15) is 5.60 Å². The molecule has 66 valence electrons. The molecule has 0 aromatic rings. The molecule has 1 N–H and O–H groups in total. The highest BCUT2D eigenvalue weighted by molar-refractivity contribution is 5.83. The SMILES string of the molecule is C[C@H]1C[C@H]2C[C@@H]3C(=O)NC[C@]31O2. The van der Waals surface area contributed by atoms with E-state index in [0.29, 0.717) is 12.0 Å². The van der Waals surface area contributed by atoms with Crippen molar-refractivity contribution in [2.24, 2.45) is 11.8 Å². The second-order valence-electron chi connectivity index (χ2n) is 4.34. The minimum atomic E-state index is -0.109. The molecular formula is C9H13NO2. The summed E-state index contributed by atoms with van der Waals surface area (Å²) in [5, 5.41) is 2.91. The fourth-order valence-electron chi connectivity index (χ4n) is 3.12. The minimum Gasteiger partial charge on any atom is -0.369 e. The van der Waals surface area contributed by atoms with Gasteiger partial charge in [0.25, 0.3) is 0 Å². The average Bonchev–Trinajstić information content (AvgIpc) is 2.60. The van der Waals surface area contributed by atoms with Crippen LogP contribution in [-0.2, 0) is 9.53 Å². The molecule has 3 aliphatic rings. The lowest BCUT2D eigenvalue weighted by atomic mass is 9.74. The van der Waals surface area contributed by atoms with Gasteiger partial charge in [-0.15, -0.1) is 0 Å². The molecule has 3 rings (SSSR count). The molecule has 2 bridgehead atoms. The van der Waals surface area contributed by atoms with Gasteiger partial charge in [-0.3, -0.25) is 4.79 Å². The molecule has 1 amide bonds. The third-order valence-corrected chi connectivity index (χ3v) is 3.78. The molecule has 3 heterocycles. The van der Waals surface area contributed by atoms with Crippen molar-refractivity contribution in [2.75, 3.05) is 6.54 Å². The van der Waals surface area contributed by atoms with Gasteiger partial charge in [0.05, 0.1) is 12.0 Å². The fraction of sp³-hybridized carbons (Fsp3) is 0.889. The first-order chi connectivity index (χ1) is 5.72. The highest BCUT2D eigenvalue weighted by Crippen LogP contribution is 2.52. The van der Waals surface area contributed by atoms with Crippen LogP contribution < -0.4 is 5.32 Å². The van der Waals surface area contributed by atoms with Crippen LogP contribution in [0.1, 0.15) is 19.8 Å². The lowest BCUT2D eigenvalue weighted by Crippen LogP contribution is -2.40. The summed E-state index contributed by atoms with van der Waals surface area (Å²) < 4.78 is 5.88. The van der Waals surface area contributed by atoms with Crippen LogP contribution in [0, 0.1) is 11.8 Å². The normalized spacial score (nSPS) is 55.8. The van der Waals surface area contributed by atoms with Crippen molar-refractivity contribution in [3.05, 3.63) is 0 Å². The number of nitrogens with one attached hydrogen (secondary N) is 1. The number of ether oxygens (including phenoxy) is 1. The number of carbonyl (C=O) groups excluding carboxylic acids is 1. The predicted molar refractivity (Wildman–Crippen MR) is 42.5 cm³/mol. The summed E-state index contributed by atoms with van der Waals surface area (Å²) in [4.78, 5) is 11.4.